The predicted molar refractivity (Wildman–Crippen MR) is 166 cm³/mol. The number of hydrogen-bond acceptors (Lipinski definition) is 8. The van der Waals surface area contributed by atoms with Crippen LogP contribution in [0.15, 0.2) is 37.5 Å². The molecule has 0 aromatic carbocycles. The quantitative estimate of drug-likeness (QED) is 0.210. The maximum Gasteiger partial charge on any atom is 0.324 e. The van der Waals surface area contributed by atoms with Crippen molar-refractivity contribution >= 4 is 32.4 Å². The Balaban J connectivity index is 0.000000803. The zero-order valence-electron chi connectivity index (χ0n) is 26.9. The van der Waals surface area contributed by atoms with Crippen LogP contribution in [0.4, 0.5) is 0 Å². The topological polar surface area (TPSA) is 134 Å². The van der Waals surface area contributed by atoms with E-state index in [1.807, 2.05) is 33.8 Å². The number of hydrogen-bond donors (Lipinski definition) is 0. The molecule has 2 unspecified atom stereocenters. The van der Waals surface area contributed by atoms with E-state index in [0.29, 0.717) is 6.54 Å². The van der Waals surface area contributed by atoms with E-state index in [2.05, 4.69) is 13.2 Å². The van der Waals surface area contributed by atoms with Gasteiger partial charge in [0.15, 0.2) is 0 Å². The first-order chi connectivity index (χ1) is 19.4. The zero-order chi connectivity index (χ0) is 33.0. The minimum absolute atomic E-state index is 0.0284. The van der Waals surface area contributed by atoms with E-state index in [4.69, 9.17) is 9.47 Å². The lowest BCUT2D eigenvalue weighted by molar-refractivity contribution is -0.147. The van der Waals surface area contributed by atoms with Crippen molar-refractivity contribution in [3.63, 3.8) is 0 Å². The molecule has 0 aromatic rings. The molecular formula is C28H52N4O8S2. The molecule has 0 saturated heterocycles. The van der Waals surface area contributed by atoms with Crippen LogP contribution in [0, 0.1) is 11.8 Å². The van der Waals surface area contributed by atoms with Crippen LogP contribution in [-0.4, -0.2) is 111 Å². The summed E-state index contributed by atoms with van der Waals surface area (Å²) in [5, 5.41) is 0. The van der Waals surface area contributed by atoms with Crippen molar-refractivity contribution in [2.75, 3.05) is 40.4 Å². The van der Waals surface area contributed by atoms with Crippen LogP contribution in [0.2, 0.25) is 0 Å². The highest BCUT2D eigenvalue weighted by molar-refractivity contribution is 7.87. The van der Waals surface area contributed by atoms with Crippen LogP contribution in [0.1, 0.15) is 55.4 Å². The summed E-state index contributed by atoms with van der Waals surface area (Å²) in [5.74, 6) is -1.51. The Bertz CT molecular complexity index is 1130. The third-order valence-electron chi connectivity index (χ3n) is 6.46. The van der Waals surface area contributed by atoms with Gasteiger partial charge in [0.2, 0.25) is 0 Å². The molecule has 12 nitrogen and oxygen atoms in total. The molecule has 0 radical (unpaired) electrons. The summed E-state index contributed by atoms with van der Waals surface area (Å²) in [7, 11) is -5.03. The summed E-state index contributed by atoms with van der Waals surface area (Å²) >= 11 is 0. The van der Waals surface area contributed by atoms with E-state index in [-0.39, 0.29) is 43.6 Å². The second-order valence-electron chi connectivity index (χ2n) is 11.0. The highest BCUT2D eigenvalue weighted by Crippen LogP contribution is 2.24. The van der Waals surface area contributed by atoms with Crippen molar-refractivity contribution in [3.05, 3.63) is 37.5 Å². The molecule has 0 N–H and O–H groups in total. The second-order valence-corrected chi connectivity index (χ2v) is 14.6. The summed E-state index contributed by atoms with van der Waals surface area (Å²) < 4.78 is 66.0. The zero-order valence-corrected chi connectivity index (χ0v) is 28.5. The van der Waals surface area contributed by atoms with Crippen molar-refractivity contribution in [1.29, 1.82) is 0 Å². The maximum atomic E-state index is 13.0. The number of methoxy groups -OCH3 is 2. The van der Waals surface area contributed by atoms with Crippen LogP contribution in [-0.2, 0) is 39.5 Å². The number of esters is 2. The fourth-order valence-corrected chi connectivity index (χ4v) is 8.39. The van der Waals surface area contributed by atoms with Crippen LogP contribution >= 0.6 is 0 Å². The Morgan fingerprint density at radius 3 is 1.64 bits per heavy atom. The highest BCUT2D eigenvalue weighted by Gasteiger charge is 2.42. The van der Waals surface area contributed by atoms with Crippen molar-refractivity contribution in [1.82, 2.24) is 17.2 Å². The van der Waals surface area contributed by atoms with Crippen molar-refractivity contribution < 1.29 is 35.9 Å². The molecule has 14 heteroatoms. The van der Waals surface area contributed by atoms with Gasteiger partial charge in [0.1, 0.15) is 12.1 Å². The van der Waals surface area contributed by atoms with Crippen molar-refractivity contribution in [2.24, 2.45) is 11.8 Å². The second kappa shape index (κ2) is 17.9. The lowest BCUT2D eigenvalue weighted by Gasteiger charge is -2.36. The van der Waals surface area contributed by atoms with Crippen LogP contribution in [0.5, 0.6) is 0 Å². The maximum absolute atomic E-state index is 13.0. The fraction of sp³-hybridized carbons (Fsp3) is 0.714. The van der Waals surface area contributed by atoms with Crippen LogP contribution < -0.4 is 0 Å². The SMILES string of the molecule is C=CCN(C(C)C)S(=O)(=O)N(CC=C)C(C(=O)OC)C(C)C.COC(=O)C(C(C)C)N1CC=CCN(C(C)C)S1(=O)=O. The van der Waals surface area contributed by atoms with E-state index in [1.54, 1.807) is 33.8 Å². The van der Waals surface area contributed by atoms with Crippen LogP contribution in [0.3, 0.4) is 0 Å². The molecule has 244 valence electrons. The molecule has 0 aromatic heterocycles. The molecule has 0 spiro atoms. The van der Waals surface area contributed by atoms with E-state index >= 15 is 0 Å². The van der Waals surface area contributed by atoms with E-state index in [1.165, 1.54) is 39.3 Å². The molecule has 0 fully saturated rings. The fourth-order valence-electron chi connectivity index (χ4n) is 4.41. The molecule has 0 aliphatic carbocycles. The Morgan fingerprint density at radius 1 is 0.833 bits per heavy atom. The normalized spacial score (nSPS) is 17.6. The Kier molecular flexibility index (Phi) is 17.0. The van der Waals surface area contributed by atoms with Crippen LogP contribution in [0.25, 0.3) is 0 Å². The first-order valence-electron chi connectivity index (χ1n) is 14.0. The van der Waals surface area contributed by atoms with Gasteiger partial charge in [-0.05, 0) is 39.5 Å². The first kappa shape index (κ1) is 39.9. The van der Waals surface area contributed by atoms with Crippen molar-refractivity contribution in [3.8, 4) is 0 Å². The minimum atomic E-state index is -3.86. The lowest BCUT2D eigenvalue weighted by atomic mass is 10.0. The summed E-state index contributed by atoms with van der Waals surface area (Å²) in [4.78, 5) is 24.0. The van der Waals surface area contributed by atoms with Gasteiger partial charge in [0.05, 0.1) is 14.2 Å². The molecule has 0 bridgehead atoms. The standard InChI is InChI=1S/C15H28N2O4S.C13H24N2O4S/c1-8-10-16(13(5)6)22(19,20)17(11-9-2)14(12(3)4)15(18)21-7;1-10(2)12(13(16)19-5)15-9-7-6-8-14(11(3)4)20(15,17)18/h8-9,12-14H,1-2,10-11H2,3-7H3;6-7,10-12H,8-9H2,1-5H3. The van der Waals surface area contributed by atoms with Gasteiger partial charge in [-0.1, -0.05) is 52.0 Å². The monoisotopic (exact) mass is 636 g/mol. The number of carbonyl (C=O) groups excluding carboxylic acids is 2. The summed E-state index contributed by atoms with van der Waals surface area (Å²) in [5.41, 5.74) is 0. The number of nitrogens with zero attached hydrogens (tertiary/aromatic N) is 4. The number of ether oxygens (including phenoxy) is 2. The molecule has 1 aliphatic rings. The highest BCUT2D eigenvalue weighted by atomic mass is 32.2. The molecule has 1 heterocycles. The molecule has 1 rings (SSSR count). The van der Waals surface area contributed by atoms with E-state index in [0.717, 1.165) is 4.31 Å². The number of carbonyl (C=O) groups is 2. The summed E-state index contributed by atoms with van der Waals surface area (Å²) in [6.07, 6.45) is 6.57. The first-order valence-corrected chi connectivity index (χ1v) is 16.8. The molecule has 0 amide bonds. The van der Waals surface area contributed by atoms with E-state index in [9.17, 15) is 26.4 Å². The summed E-state index contributed by atoms with van der Waals surface area (Å²) in [6, 6.07) is -2.15. The molecule has 0 saturated carbocycles. The molecule has 1 aliphatic heterocycles. The van der Waals surface area contributed by atoms with Gasteiger partial charge in [0, 0.05) is 38.3 Å². The predicted octanol–water partition coefficient (Wildman–Crippen LogP) is 2.82. The Morgan fingerprint density at radius 2 is 1.29 bits per heavy atom. The van der Waals surface area contributed by atoms with Gasteiger partial charge >= 0.3 is 11.9 Å². The average molecular weight is 637 g/mol. The van der Waals surface area contributed by atoms with Gasteiger partial charge < -0.3 is 9.47 Å². The van der Waals surface area contributed by atoms with Gasteiger partial charge in [-0.15, -0.1) is 13.2 Å². The average Bonchev–Trinajstić information content (AvgIpc) is 3.04. The third-order valence-corrected chi connectivity index (χ3v) is 10.7. The third kappa shape index (κ3) is 10.3. The van der Waals surface area contributed by atoms with Gasteiger partial charge in [0.25, 0.3) is 20.4 Å². The Hall–Kier alpha value is -2.10. The largest absolute Gasteiger partial charge is 0.468 e. The Labute approximate surface area is 254 Å². The molecular weight excluding hydrogens is 584 g/mol. The van der Waals surface area contributed by atoms with Gasteiger partial charge in [-0.2, -0.15) is 34.1 Å². The molecule has 42 heavy (non-hydrogen) atoms. The van der Waals surface area contributed by atoms with Gasteiger partial charge in [-0.25, -0.2) is 0 Å². The summed E-state index contributed by atoms with van der Waals surface area (Å²) in [6.45, 7) is 22.3. The lowest BCUT2D eigenvalue weighted by Crippen LogP contribution is -2.55. The molecule has 2 atom stereocenters. The smallest absolute Gasteiger partial charge is 0.324 e. The van der Waals surface area contributed by atoms with E-state index < -0.39 is 44.4 Å². The minimum Gasteiger partial charge on any atom is -0.468 e. The number of rotatable bonds is 14. The van der Waals surface area contributed by atoms with Gasteiger partial charge in [-0.3, -0.25) is 9.59 Å². The van der Waals surface area contributed by atoms with Crippen molar-refractivity contribution in [2.45, 2.75) is 79.6 Å².